The van der Waals surface area contributed by atoms with E-state index in [4.69, 9.17) is 11.6 Å². The van der Waals surface area contributed by atoms with Crippen molar-refractivity contribution in [2.24, 2.45) is 5.92 Å². The van der Waals surface area contributed by atoms with E-state index >= 15 is 0 Å². The summed E-state index contributed by atoms with van der Waals surface area (Å²) >= 11 is 8.19. The highest BCUT2D eigenvalue weighted by Gasteiger charge is 2.53. The highest BCUT2D eigenvalue weighted by molar-refractivity contribution is 8.00. The van der Waals surface area contributed by atoms with Crippen molar-refractivity contribution in [1.29, 1.82) is 0 Å². The Balaban J connectivity index is 1.65. The van der Waals surface area contributed by atoms with Gasteiger partial charge in [0.2, 0.25) is 0 Å². The van der Waals surface area contributed by atoms with Crippen LogP contribution in [0.5, 0.6) is 0 Å². The molecule has 1 fully saturated rings. The summed E-state index contributed by atoms with van der Waals surface area (Å²) in [5.74, 6) is -2.65. The summed E-state index contributed by atoms with van der Waals surface area (Å²) in [6.07, 6.45) is 0.371. The smallest absolute Gasteiger partial charge is 0.282 e. The van der Waals surface area contributed by atoms with E-state index in [9.17, 15) is 40.2 Å². The fourth-order valence-electron chi connectivity index (χ4n) is 5.54. The van der Waals surface area contributed by atoms with E-state index in [1.54, 1.807) is 30.3 Å². The highest BCUT2D eigenvalue weighted by Crippen LogP contribution is 2.60. The molecule has 1 aliphatic heterocycles. The second-order valence-electron chi connectivity index (χ2n) is 9.19. The number of carbonyl (C=O) groups is 1. The standard InChI is InChI=1S/C25H19ClN4O8S/c26-22-19(39-18-4-2-1-3-16(18)29(35)36)11-15-20(22)21-17(30(37)38)10-9-14(25(31)32)24(21)27-23(15)12-5-7-13(8-6-12)28(33)34/h1-10,15,19-20,22-23,27H,11H2,(H,31,32)/p-1/t15-,19+,20+,22+,23-/m0/s1. The number of alkyl halides is 1. The van der Waals surface area contributed by atoms with E-state index in [-0.39, 0.29) is 33.9 Å². The average molecular weight is 570 g/mol. The molecule has 0 amide bonds. The third kappa shape index (κ3) is 4.63. The van der Waals surface area contributed by atoms with Gasteiger partial charge in [-0.3, -0.25) is 30.3 Å². The molecule has 3 aromatic rings. The minimum atomic E-state index is -1.54. The van der Waals surface area contributed by atoms with Crippen molar-refractivity contribution in [2.45, 2.75) is 33.9 Å². The van der Waals surface area contributed by atoms with Crippen molar-refractivity contribution in [1.82, 2.24) is 0 Å². The molecule has 0 bridgehead atoms. The molecule has 5 rings (SSSR count). The molecule has 1 saturated carbocycles. The lowest BCUT2D eigenvalue weighted by Gasteiger charge is -2.39. The third-order valence-corrected chi connectivity index (χ3v) is 9.28. The van der Waals surface area contributed by atoms with Crippen molar-refractivity contribution in [2.75, 3.05) is 5.32 Å². The largest absolute Gasteiger partial charge is 0.545 e. The zero-order chi connectivity index (χ0) is 28.0. The van der Waals surface area contributed by atoms with Crippen molar-refractivity contribution < 1.29 is 24.7 Å². The van der Waals surface area contributed by atoms with Gasteiger partial charge in [-0.15, -0.1) is 23.4 Å². The number of rotatable bonds is 7. The van der Waals surface area contributed by atoms with Crippen LogP contribution in [0.3, 0.4) is 0 Å². The van der Waals surface area contributed by atoms with Crippen LogP contribution in [0.15, 0.2) is 65.6 Å². The first-order valence-electron chi connectivity index (χ1n) is 11.7. The van der Waals surface area contributed by atoms with Gasteiger partial charge in [-0.25, -0.2) is 0 Å². The number of benzene rings is 3. The van der Waals surface area contributed by atoms with E-state index in [1.807, 2.05) is 0 Å². The Kier molecular flexibility index (Phi) is 6.87. The third-order valence-electron chi connectivity index (χ3n) is 7.17. The molecule has 200 valence electrons. The van der Waals surface area contributed by atoms with Crippen LogP contribution in [0.1, 0.15) is 39.9 Å². The number of aromatic carboxylic acids is 1. The Bertz CT molecular complexity index is 1520. The monoisotopic (exact) mass is 569 g/mol. The Morgan fingerprint density at radius 1 is 0.897 bits per heavy atom. The molecule has 0 radical (unpaired) electrons. The number of anilines is 1. The molecule has 0 aromatic heterocycles. The number of hydrogen-bond donors (Lipinski definition) is 1. The number of nitrogens with one attached hydrogen (secondary N) is 1. The quantitative estimate of drug-likeness (QED) is 0.235. The van der Waals surface area contributed by atoms with Gasteiger partial charge in [0.25, 0.3) is 17.1 Å². The van der Waals surface area contributed by atoms with E-state index < -0.39 is 49.2 Å². The van der Waals surface area contributed by atoms with Gasteiger partial charge in [0.1, 0.15) is 0 Å². The first kappa shape index (κ1) is 26.4. The lowest BCUT2D eigenvalue weighted by molar-refractivity contribution is -0.387. The molecule has 2 aliphatic rings. The summed E-state index contributed by atoms with van der Waals surface area (Å²) in [5, 5.41) is 48.7. The van der Waals surface area contributed by atoms with Gasteiger partial charge in [0, 0.05) is 41.0 Å². The van der Waals surface area contributed by atoms with E-state index in [1.165, 1.54) is 30.0 Å². The van der Waals surface area contributed by atoms with Crippen molar-refractivity contribution in [3.05, 3.63) is 108 Å². The predicted molar refractivity (Wildman–Crippen MR) is 140 cm³/mol. The molecule has 0 unspecified atom stereocenters. The molecule has 0 saturated heterocycles. The van der Waals surface area contributed by atoms with Crippen LogP contribution in [0, 0.1) is 36.3 Å². The van der Waals surface area contributed by atoms with E-state index in [0.29, 0.717) is 16.9 Å². The minimum Gasteiger partial charge on any atom is -0.545 e. The zero-order valence-electron chi connectivity index (χ0n) is 19.8. The Hall–Kier alpha value is -4.23. The number of non-ortho nitro benzene ring substituents is 1. The van der Waals surface area contributed by atoms with Gasteiger partial charge in [-0.1, -0.05) is 24.3 Å². The fraction of sp³-hybridized carbons (Fsp3) is 0.240. The second-order valence-corrected chi connectivity index (χ2v) is 11.0. The molecule has 1 heterocycles. The van der Waals surface area contributed by atoms with Crippen LogP contribution in [-0.4, -0.2) is 31.4 Å². The van der Waals surface area contributed by atoms with Crippen molar-refractivity contribution >= 4 is 52.1 Å². The summed E-state index contributed by atoms with van der Waals surface area (Å²) in [7, 11) is 0. The van der Waals surface area contributed by atoms with Gasteiger partial charge in [-0.05, 0) is 30.0 Å². The number of hydrogen-bond acceptors (Lipinski definition) is 10. The fourth-order valence-corrected chi connectivity index (χ4v) is 7.47. The van der Waals surface area contributed by atoms with Crippen LogP contribution in [0.4, 0.5) is 22.7 Å². The first-order valence-corrected chi connectivity index (χ1v) is 13.0. The van der Waals surface area contributed by atoms with Gasteiger partial charge in [0.15, 0.2) is 0 Å². The summed E-state index contributed by atoms with van der Waals surface area (Å²) in [6.45, 7) is 0. The summed E-state index contributed by atoms with van der Waals surface area (Å²) in [6, 6.07) is 13.5. The maximum absolute atomic E-state index is 12.0. The number of halogens is 1. The van der Waals surface area contributed by atoms with Crippen molar-refractivity contribution in [3.8, 4) is 0 Å². The molecule has 12 nitrogen and oxygen atoms in total. The molecule has 39 heavy (non-hydrogen) atoms. The van der Waals surface area contributed by atoms with Crippen LogP contribution < -0.4 is 10.4 Å². The Labute approximate surface area is 229 Å². The highest BCUT2D eigenvalue weighted by atomic mass is 35.5. The molecular formula is C25H18ClN4O8S-. The van der Waals surface area contributed by atoms with Crippen LogP contribution in [0.25, 0.3) is 0 Å². The molecule has 14 heteroatoms. The molecule has 1 aliphatic carbocycles. The topological polar surface area (TPSA) is 182 Å². The number of carboxylic acids is 1. The van der Waals surface area contributed by atoms with E-state index in [2.05, 4.69) is 5.32 Å². The predicted octanol–water partition coefficient (Wildman–Crippen LogP) is 4.81. The lowest BCUT2D eigenvalue weighted by atomic mass is 9.75. The molecule has 5 atom stereocenters. The molecular weight excluding hydrogens is 552 g/mol. The zero-order valence-corrected chi connectivity index (χ0v) is 21.3. The normalized spacial score (nSPS) is 23.3. The molecule has 0 spiro atoms. The van der Waals surface area contributed by atoms with Gasteiger partial charge in [0.05, 0.1) is 48.3 Å². The lowest BCUT2D eigenvalue weighted by Crippen LogP contribution is -2.34. The van der Waals surface area contributed by atoms with Gasteiger partial charge >= 0.3 is 0 Å². The Morgan fingerprint density at radius 2 is 1.56 bits per heavy atom. The number of nitrogens with zero attached hydrogens (tertiary/aromatic N) is 3. The van der Waals surface area contributed by atoms with Gasteiger partial charge in [-0.2, -0.15) is 0 Å². The summed E-state index contributed by atoms with van der Waals surface area (Å²) in [4.78, 5) is 45.5. The van der Waals surface area contributed by atoms with Crippen LogP contribution >= 0.6 is 23.4 Å². The maximum atomic E-state index is 12.0. The van der Waals surface area contributed by atoms with E-state index in [0.717, 1.165) is 12.1 Å². The van der Waals surface area contributed by atoms with Crippen LogP contribution in [-0.2, 0) is 0 Å². The number of carboxylic acid groups (broad SMARTS) is 1. The molecule has 1 N–H and O–H groups in total. The number of para-hydroxylation sites is 1. The SMILES string of the molecule is O=C([O-])c1ccc([N+](=O)[O-])c2c1N[C@@H](c1ccc([N+](=O)[O-])cc1)[C@H]1C[C@@H](Sc3ccccc3[N+](=O)[O-])[C@@H](Cl)[C@@H]21. The first-order chi connectivity index (χ1) is 18.6. The number of nitro groups is 3. The number of nitro benzene ring substituents is 3. The summed E-state index contributed by atoms with van der Waals surface area (Å²) in [5.41, 5.74) is -0.0780. The number of thioether (sulfide) groups is 1. The minimum absolute atomic E-state index is 0.00999. The van der Waals surface area contributed by atoms with Crippen molar-refractivity contribution in [3.63, 3.8) is 0 Å². The number of carbonyl (C=O) groups excluding carboxylic acids is 1. The molecule has 3 aromatic carbocycles. The average Bonchev–Trinajstić information content (AvgIpc) is 3.23. The van der Waals surface area contributed by atoms with Gasteiger partial charge < -0.3 is 15.2 Å². The number of fused-ring (bicyclic) bond motifs is 3. The summed E-state index contributed by atoms with van der Waals surface area (Å²) < 4.78 is 0. The van der Waals surface area contributed by atoms with Crippen LogP contribution in [0.2, 0.25) is 0 Å². The second kappa shape index (κ2) is 10.2. The Morgan fingerprint density at radius 3 is 2.18 bits per heavy atom. The maximum Gasteiger partial charge on any atom is 0.282 e.